The Bertz CT molecular complexity index is 431. The summed E-state index contributed by atoms with van der Waals surface area (Å²) < 4.78 is 5.16. The Kier molecular flexibility index (Phi) is 2.83. The zero-order valence-corrected chi connectivity index (χ0v) is 8.73. The van der Waals surface area contributed by atoms with E-state index < -0.39 is 0 Å². The zero-order valence-electron chi connectivity index (χ0n) is 8.73. The SMILES string of the molecule is Cc1ccc(Cc2cc(CN)no2)cc1. The molecule has 0 spiro atoms. The van der Waals surface area contributed by atoms with E-state index in [4.69, 9.17) is 10.3 Å². The second-order valence-electron chi connectivity index (χ2n) is 3.65. The molecular weight excluding hydrogens is 188 g/mol. The third-order valence-electron chi connectivity index (χ3n) is 2.32. The maximum atomic E-state index is 5.45. The number of nitrogens with zero attached hydrogens (tertiary/aromatic N) is 1. The quantitative estimate of drug-likeness (QED) is 0.828. The van der Waals surface area contributed by atoms with Crippen molar-refractivity contribution in [3.63, 3.8) is 0 Å². The van der Waals surface area contributed by atoms with Crippen molar-refractivity contribution in [2.75, 3.05) is 0 Å². The van der Waals surface area contributed by atoms with E-state index in [1.807, 2.05) is 6.07 Å². The fourth-order valence-electron chi connectivity index (χ4n) is 1.44. The summed E-state index contributed by atoms with van der Waals surface area (Å²) in [5.41, 5.74) is 8.74. The van der Waals surface area contributed by atoms with Crippen LogP contribution in [0.2, 0.25) is 0 Å². The number of aryl methyl sites for hydroxylation is 1. The summed E-state index contributed by atoms with van der Waals surface area (Å²) in [6.45, 7) is 2.50. The molecule has 78 valence electrons. The number of aromatic nitrogens is 1. The predicted octanol–water partition coefficient (Wildman–Crippen LogP) is 2.03. The Labute approximate surface area is 88.9 Å². The molecule has 0 aliphatic rings. The molecule has 0 saturated heterocycles. The molecule has 2 aromatic rings. The topological polar surface area (TPSA) is 52.0 Å². The monoisotopic (exact) mass is 202 g/mol. The Hall–Kier alpha value is -1.61. The molecule has 0 unspecified atom stereocenters. The number of rotatable bonds is 3. The number of hydrogen-bond donors (Lipinski definition) is 1. The molecule has 1 aromatic carbocycles. The van der Waals surface area contributed by atoms with Gasteiger partial charge in [0.2, 0.25) is 0 Å². The van der Waals surface area contributed by atoms with Crippen LogP contribution in [-0.4, -0.2) is 5.16 Å². The van der Waals surface area contributed by atoms with Crippen LogP contribution < -0.4 is 5.73 Å². The molecular formula is C12H14N2O. The van der Waals surface area contributed by atoms with Gasteiger partial charge in [-0.3, -0.25) is 0 Å². The predicted molar refractivity (Wildman–Crippen MR) is 58.4 cm³/mol. The average Bonchev–Trinajstić information content (AvgIpc) is 2.69. The summed E-state index contributed by atoms with van der Waals surface area (Å²) >= 11 is 0. The van der Waals surface area contributed by atoms with Gasteiger partial charge in [0, 0.05) is 19.0 Å². The first-order valence-corrected chi connectivity index (χ1v) is 4.98. The minimum atomic E-state index is 0.428. The highest BCUT2D eigenvalue weighted by atomic mass is 16.5. The van der Waals surface area contributed by atoms with Crippen molar-refractivity contribution >= 4 is 0 Å². The van der Waals surface area contributed by atoms with Crippen LogP contribution in [0, 0.1) is 6.92 Å². The minimum absolute atomic E-state index is 0.428. The fourth-order valence-corrected chi connectivity index (χ4v) is 1.44. The lowest BCUT2D eigenvalue weighted by atomic mass is 10.1. The molecule has 0 fully saturated rings. The van der Waals surface area contributed by atoms with Gasteiger partial charge in [-0.05, 0) is 12.5 Å². The highest BCUT2D eigenvalue weighted by molar-refractivity contribution is 5.25. The van der Waals surface area contributed by atoms with Gasteiger partial charge < -0.3 is 10.3 Å². The molecule has 0 aliphatic carbocycles. The van der Waals surface area contributed by atoms with Gasteiger partial charge in [0.1, 0.15) is 5.76 Å². The maximum Gasteiger partial charge on any atom is 0.141 e. The van der Waals surface area contributed by atoms with E-state index in [2.05, 4.69) is 36.3 Å². The molecule has 2 rings (SSSR count). The first-order valence-electron chi connectivity index (χ1n) is 4.98. The van der Waals surface area contributed by atoms with Crippen LogP contribution in [-0.2, 0) is 13.0 Å². The lowest BCUT2D eigenvalue weighted by Crippen LogP contribution is -1.95. The molecule has 0 amide bonds. The Morgan fingerprint density at radius 2 is 2.00 bits per heavy atom. The van der Waals surface area contributed by atoms with Crippen LogP contribution in [0.5, 0.6) is 0 Å². The summed E-state index contributed by atoms with van der Waals surface area (Å²) in [5.74, 6) is 0.860. The second kappa shape index (κ2) is 4.28. The standard InChI is InChI=1S/C12H14N2O/c1-9-2-4-10(5-3-9)6-12-7-11(8-13)14-15-12/h2-5,7H,6,8,13H2,1H3. The molecule has 3 heteroatoms. The minimum Gasteiger partial charge on any atom is -0.361 e. The Balaban J connectivity index is 2.11. The normalized spacial score (nSPS) is 10.5. The van der Waals surface area contributed by atoms with Gasteiger partial charge >= 0.3 is 0 Å². The van der Waals surface area contributed by atoms with E-state index in [0.717, 1.165) is 17.9 Å². The fraction of sp³-hybridized carbons (Fsp3) is 0.250. The number of nitrogens with two attached hydrogens (primary N) is 1. The Morgan fingerprint density at radius 3 is 2.60 bits per heavy atom. The van der Waals surface area contributed by atoms with E-state index >= 15 is 0 Å². The van der Waals surface area contributed by atoms with Crippen LogP contribution in [0.15, 0.2) is 34.9 Å². The van der Waals surface area contributed by atoms with Crippen molar-refractivity contribution < 1.29 is 4.52 Å². The highest BCUT2D eigenvalue weighted by Gasteiger charge is 2.03. The molecule has 15 heavy (non-hydrogen) atoms. The van der Waals surface area contributed by atoms with Crippen LogP contribution in [0.4, 0.5) is 0 Å². The van der Waals surface area contributed by atoms with Crippen LogP contribution >= 0.6 is 0 Å². The third-order valence-corrected chi connectivity index (χ3v) is 2.32. The summed E-state index contributed by atoms with van der Waals surface area (Å²) in [4.78, 5) is 0. The summed E-state index contributed by atoms with van der Waals surface area (Å²) in [5, 5.41) is 3.85. The van der Waals surface area contributed by atoms with Gasteiger partial charge in [-0.25, -0.2) is 0 Å². The Morgan fingerprint density at radius 1 is 1.27 bits per heavy atom. The maximum absolute atomic E-state index is 5.45. The molecule has 0 radical (unpaired) electrons. The number of benzene rings is 1. The van der Waals surface area contributed by atoms with Crippen molar-refractivity contribution in [2.45, 2.75) is 19.9 Å². The third kappa shape index (κ3) is 2.44. The molecule has 0 atom stereocenters. The first kappa shape index (κ1) is 9.93. The van der Waals surface area contributed by atoms with Crippen molar-refractivity contribution in [1.29, 1.82) is 0 Å². The van der Waals surface area contributed by atoms with Crippen LogP contribution in [0.3, 0.4) is 0 Å². The van der Waals surface area contributed by atoms with E-state index in [-0.39, 0.29) is 0 Å². The van der Waals surface area contributed by atoms with E-state index in [1.165, 1.54) is 11.1 Å². The van der Waals surface area contributed by atoms with Crippen molar-refractivity contribution in [3.8, 4) is 0 Å². The van der Waals surface area contributed by atoms with E-state index in [0.29, 0.717) is 6.54 Å². The molecule has 2 N–H and O–H groups in total. The van der Waals surface area contributed by atoms with E-state index in [1.54, 1.807) is 0 Å². The van der Waals surface area contributed by atoms with Gasteiger partial charge in [-0.2, -0.15) is 0 Å². The molecule has 0 bridgehead atoms. The largest absolute Gasteiger partial charge is 0.361 e. The second-order valence-corrected chi connectivity index (χ2v) is 3.65. The van der Waals surface area contributed by atoms with Crippen LogP contribution in [0.25, 0.3) is 0 Å². The van der Waals surface area contributed by atoms with Crippen molar-refractivity contribution in [2.24, 2.45) is 5.73 Å². The van der Waals surface area contributed by atoms with Crippen LogP contribution in [0.1, 0.15) is 22.6 Å². The highest BCUT2D eigenvalue weighted by Crippen LogP contribution is 2.11. The number of hydrogen-bond acceptors (Lipinski definition) is 3. The van der Waals surface area contributed by atoms with Gasteiger partial charge in [0.05, 0.1) is 5.69 Å². The van der Waals surface area contributed by atoms with Gasteiger partial charge in [0.25, 0.3) is 0 Å². The van der Waals surface area contributed by atoms with Gasteiger partial charge in [0.15, 0.2) is 0 Å². The van der Waals surface area contributed by atoms with Gasteiger partial charge in [-0.15, -0.1) is 0 Å². The average molecular weight is 202 g/mol. The molecule has 1 heterocycles. The lowest BCUT2D eigenvalue weighted by Gasteiger charge is -1.97. The lowest BCUT2D eigenvalue weighted by molar-refractivity contribution is 0.383. The molecule has 0 aliphatic heterocycles. The molecule has 1 aromatic heterocycles. The summed E-state index contributed by atoms with van der Waals surface area (Å²) in [6.07, 6.45) is 0.771. The molecule has 3 nitrogen and oxygen atoms in total. The summed E-state index contributed by atoms with van der Waals surface area (Å²) in [7, 11) is 0. The van der Waals surface area contributed by atoms with E-state index in [9.17, 15) is 0 Å². The van der Waals surface area contributed by atoms with Gasteiger partial charge in [-0.1, -0.05) is 35.0 Å². The summed E-state index contributed by atoms with van der Waals surface area (Å²) in [6, 6.07) is 10.3. The zero-order chi connectivity index (χ0) is 10.7. The first-order chi connectivity index (χ1) is 7.28. The molecule has 0 saturated carbocycles. The van der Waals surface area contributed by atoms with Crippen molar-refractivity contribution in [1.82, 2.24) is 5.16 Å². The van der Waals surface area contributed by atoms with Crippen molar-refractivity contribution in [3.05, 3.63) is 52.9 Å². The smallest absolute Gasteiger partial charge is 0.141 e.